The Balaban J connectivity index is 1.63. The Morgan fingerprint density at radius 1 is 1.14 bits per heavy atom. The Morgan fingerprint density at radius 2 is 1.83 bits per heavy atom. The summed E-state index contributed by atoms with van der Waals surface area (Å²) >= 11 is 0. The average Bonchev–Trinajstić information content (AvgIpc) is 2.69. The summed E-state index contributed by atoms with van der Waals surface area (Å²) in [6.45, 7) is 2.37. The first-order valence-electron chi connectivity index (χ1n) is 9.52. The van der Waals surface area contributed by atoms with Gasteiger partial charge in [-0.15, -0.1) is 0 Å². The van der Waals surface area contributed by atoms with Crippen LogP contribution in [0, 0.1) is 11.7 Å². The summed E-state index contributed by atoms with van der Waals surface area (Å²) in [7, 11) is 0. The second kappa shape index (κ2) is 8.86. The van der Waals surface area contributed by atoms with Crippen LogP contribution in [0.1, 0.15) is 46.0 Å². The van der Waals surface area contributed by atoms with Gasteiger partial charge in [0.05, 0.1) is 11.3 Å². The van der Waals surface area contributed by atoms with Gasteiger partial charge in [-0.1, -0.05) is 18.2 Å². The molecule has 1 aliphatic rings. The van der Waals surface area contributed by atoms with Crippen LogP contribution in [-0.4, -0.2) is 40.9 Å². The van der Waals surface area contributed by atoms with Crippen molar-refractivity contribution in [2.45, 2.75) is 26.2 Å². The molecule has 0 aromatic heterocycles. The quantitative estimate of drug-likeness (QED) is 0.806. The summed E-state index contributed by atoms with van der Waals surface area (Å²) in [5.41, 5.74) is 1.44. The molecule has 2 amide bonds. The van der Waals surface area contributed by atoms with Crippen molar-refractivity contribution in [2.75, 3.05) is 18.4 Å². The zero-order valence-electron chi connectivity index (χ0n) is 16.2. The van der Waals surface area contributed by atoms with Gasteiger partial charge >= 0.3 is 5.97 Å². The first kappa shape index (κ1) is 20.5. The lowest BCUT2D eigenvalue weighted by Crippen LogP contribution is -2.39. The van der Waals surface area contributed by atoms with Gasteiger partial charge in [-0.3, -0.25) is 9.59 Å². The van der Waals surface area contributed by atoms with Crippen molar-refractivity contribution < 1.29 is 23.9 Å². The number of carbonyl (C=O) groups excluding carboxylic acids is 2. The van der Waals surface area contributed by atoms with Crippen LogP contribution in [0.25, 0.3) is 0 Å². The van der Waals surface area contributed by atoms with Gasteiger partial charge < -0.3 is 15.3 Å². The Kier molecular flexibility index (Phi) is 6.26. The van der Waals surface area contributed by atoms with E-state index in [2.05, 4.69) is 5.32 Å². The molecular formula is C22H23FN2O4. The number of carboxylic acids is 1. The fourth-order valence-electron chi connectivity index (χ4n) is 3.68. The molecule has 1 fully saturated rings. The van der Waals surface area contributed by atoms with Crippen LogP contribution >= 0.6 is 0 Å². The van der Waals surface area contributed by atoms with Gasteiger partial charge in [-0.2, -0.15) is 0 Å². The minimum atomic E-state index is -0.931. The zero-order valence-corrected chi connectivity index (χ0v) is 16.2. The van der Waals surface area contributed by atoms with E-state index in [0.29, 0.717) is 36.6 Å². The SMILES string of the molecule is CC(=O)Nc1cc(C(=O)N2CCC(Cc3ccccc3C(=O)O)CC2)ccc1F. The molecule has 152 valence electrons. The second-order valence-corrected chi connectivity index (χ2v) is 7.28. The third-order valence-electron chi connectivity index (χ3n) is 5.18. The predicted octanol–water partition coefficient (Wildman–Crippen LogP) is 3.58. The lowest BCUT2D eigenvalue weighted by molar-refractivity contribution is -0.114. The topological polar surface area (TPSA) is 86.7 Å². The molecule has 0 aliphatic carbocycles. The van der Waals surface area contributed by atoms with Crippen molar-refractivity contribution in [3.63, 3.8) is 0 Å². The number of halogens is 1. The van der Waals surface area contributed by atoms with Gasteiger partial charge in [-0.05, 0) is 55.0 Å². The molecule has 2 aromatic rings. The highest BCUT2D eigenvalue weighted by atomic mass is 19.1. The molecule has 2 aromatic carbocycles. The molecule has 0 spiro atoms. The number of nitrogens with zero attached hydrogens (tertiary/aromatic N) is 1. The molecule has 0 unspecified atom stereocenters. The minimum absolute atomic E-state index is 0.0106. The highest BCUT2D eigenvalue weighted by Gasteiger charge is 2.25. The minimum Gasteiger partial charge on any atom is -0.478 e. The van der Waals surface area contributed by atoms with E-state index in [0.717, 1.165) is 18.4 Å². The van der Waals surface area contributed by atoms with E-state index in [1.54, 1.807) is 17.0 Å². The molecule has 0 bridgehead atoms. The van der Waals surface area contributed by atoms with Crippen LogP contribution in [0.4, 0.5) is 10.1 Å². The predicted molar refractivity (Wildman–Crippen MR) is 106 cm³/mol. The molecule has 29 heavy (non-hydrogen) atoms. The van der Waals surface area contributed by atoms with Gasteiger partial charge in [0, 0.05) is 25.6 Å². The molecule has 3 rings (SSSR count). The van der Waals surface area contributed by atoms with Crippen LogP contribution in [0.15, 0.2) is 42.5 Å². The molecule has 0 saturated carbocycles. The van der Waals surface area contributed by atoms with E-state index in [1.165, 1.54) is 25.1 Å². The normalized spacial score (nSPS) is 14.5. The summed E-state index contributed by atoms with van der Waals surface area (Å²) in [5, 5.41) is 11.7. The number of hydrogen-bond donors (Lipinski definition) is 2. The maximum atomic E-state index is 13.8. The standard InChI is InChI=1S/C22H23FN2O4/c1-14(26)24-20-13-17(6-7-19(20)23)21(27)25-10-8-15(9-11-25)12-16-4-2-3-5-18(16)22(28)29/h2-7,13,15H,8-12H2,1H3,(H,24,26)(H,28,29). The Hall–Kier alpha value is -3.22. The highest BCUT2D eigenvalue weighted by Crippen LogP contribution is 2.25. The van der Waals surface area contributed by atoms with Crippen LogP contribution < -0.4 is 5.32 Å². The maximum absolute atomic E-state index is 13.8. The number of carbonyl (C=O) groups is 3. The largest absolute Gasteiger partial charge is 0.478 e. The van der Waals surface area contributed by atoms with Gasteiger partial charge in [-0.25, -0.2) is 9.18 Å². The van der Waals surface area contributed by atoms with E-state index in [-0.39, 0.29) is 11.6 Å². The lowest BCUT2D eigenvalue weighted by atomic mass is 9.88. The fraction of sp³-hybridized carbons (Fsp3) is 0.318. The van der Waals surface area contributed by atoms with Gasteiger partial charge in [0.25, 0.3) is 5.91 Å². The number of hydrogen-bond acceptors (Lipinski definition) is 3. The average molecular weight is 398 g/mol. The first-order valence-corrected chi connectivity index (χ1v) is 9.52. The zero-order chi connectivity index (χ0) is 21.0. The molecule has 1 aliphatic heterocycles. The van der Waals surface area contributed by atoms with E-state index in [4.69, 9.17) is 0 Å². The summed E-state index contributed by atoms with van der Waals surface area (Å²) in [5.74, 6) is -1.84. The van der Waals surface area contributed by atoms with Gasteiger partial charge in [0.1, 0.15) is 5.82 Å². The molecule has 0 radical (unpaired) electrons. The van der Waals surface area contributed by atoms with Crippen LogP contribution in [0.2, 0.25) is 0 Å². The number of piperidine rings is 1. The molecule has 7 heteroatoms. The van der Waals surface area contributed by atoms with Crippen LogP contribution in [-0.2, 0) is 11.2 Å². The van der Waals surface area contributed by atoms with Crippen LogP contribution in [0.5, 0.6) is 0 Å². The Labute approximate surface area is 168 Å². The highest BCUT2D eigenvalue weighted by molar-refractivity contribution is 5.97. The Morgan fingerprint density at radius 3 is 2.48 bits per heavy atom. The second-order valence-electron chi connectivity index (χ2n) is 7.28. The van der Waals surface area contributed by atoms with Crippen molar-refractivity contribution in [2.24, 2.45) is 5.92 Å². The number of amides is 2. The summed E-state index contributed by atoms with van der Waals surface area (Å²) in [6, 6.07) is 10.9. The number of nitrogens with one attached hydrogen (secondary N) is 1. The molecule has 1 saturated heterocycles. The smallest absolute Gasteiger partial charge is 0.335 e. The van der Waals surface area contributed by atoms with Crippen molar-refractivity contribution in [3.8, 4) is 0 Å². The van der Waals surface area contributed by atoms with Crippen molar-refractivity contribution >= 4 is 23.5 Å². The van der Waals surface area contributed by atoms with E-state index in [9.17, 15) is 23.9 Å². The fourth-order valence-corrected chi connectivity index (χ4v) is 3.68. The molecule has 6 nitrogen and oxygen atoms in total. The summed E-state index contributed by atoms with van der Waals surface area (Å²) in [4.78, 5) is 37.0. The number of likely N-dealkylation sites (tertiary alicyclic amines) is 1. The number of aromatic carboxylic acids is 1. The molecule has 0 atom stereocenters. The van der Waals surface area contributed by atoms with Gasteiger partial charge in [0.15, 0.2) is 0 Å². The van der Waals surface area contributed by atoms with E-state index < -0.39 is 17.7 Å². The van der Waals surface area contributed by atoms with Crippen molar-refractivity contribution in [1.29, 1.82) is 0 Å². The van der Waals surface area contributed by atoms with Gasteiger partial charge in [0.2, 0.25) is 5.91 Å². The summed E-state index contributed by atoms with van der Waals surface area (Å²) in [6.07, 6.45) is 2.19. The van der Waals surface area contributed by atoms with E-state index in [1.807, 2.05) is 12.1 Å². The lowest BCUT2D eigenvalue weighted by Gasteiger charge is -2.32. The molecule has 2 N–H and O–H groups in total. The third kappa shape index (κ3) is 4.99. The Bertz CT molecular complexity index is 936. The molecule has 1 heterocycles. The van der Waals surface area contributed by atoms with Crippen molar-refractivity contribution in [1.82, 2.24) is 4.90 Å². The van der Waals surface area contributed by atoms with Crippen molar-refractivity contribution in [3.05, 3.63) is 65.0 Å². The number of benzene rings is 2. The summed E-state index contributed by atoms with van der Waals surface area (Å²) < 4.78 is 13.8. The molecular weight excluding hydrogens is 375 g/mol. The number of rotatable bonds is 5. The van der Waals surface area contributed by atoms with Crippen LogP contribution in [0.3, 0.4) is 0 Å². The number of carboxylic acid groups (broad SMARTS) is 1. The third-order valence-corrected chi connectivity index (χ3v) is 5.18. The monoisotopic (exact) mass is 398 g/mol. The van der Waals surface area contributed by atoms with E-state index >= 15 is 0 Å². The maximum Gasteiger partial charge on any atom is 0.335 e. The number of anilines is 1. The first-order chi connectivity index (χ1) is 13.8.